The molecule has 1 unspecified atom stereocenters. The molecule has 6 rings (SSSR count). The summed E-state index contributed by atoms with van der Waals surface area (Å²) in [4.78, 5) is 4.89. The van der Waals surface area contributed by atoms with Crippen molar-refractivity contribution in [1.29, 1.82) is 0 Å². The number of fused-ring (bicyclic) bond motifs is 3. The van der Waals surface area contributed by atoms with Crippen LogP contribution in [0.15, 0.2) is 60.8 Å². The van der Waals surface area contributed by atoms with Gasteiger partial charge in [-0.2, -0.15) is 0 Å². The summed E-state index contributed by atoms with van der Waals surface area (Å²) >= 11 is 6.49. The van der Waals surface area contributed by atoms with Crippen LogP contribution in [0.1, 0.15) is 43.0 Å². The number of halogens is 3. The van der Waals surface area contributed by atoms with Crippen molar-refractivity contribution in [2.24, 2.45) is 13.0 Å². The summed E-state index contributed by atoms with van der Waals surface area (Å²) in [6.45, 7) is 1.93. The molecule has 0 amide bonds. The van der Waals surface area contributed by atoms with Crippen LogP contribution in [0.2, 0.25) is 5.02 Å². The second-order valence-corrected chi connectivity index (χ2v) is 10.3. The van der Waals surface area contributed by atoms with Crippen molar-refractivity contribution in [3.63, 3.8) is 0 Å². The van der Waals surface area contributed by atoms with Crippen LogP contribution in [-0.2, 0) is 7.05 Å². The van der Waals surface area contributed by atoms with E-state index in [1.165, 1.54) is 0 Å². The fourth-order valence-corrected chi connectivity index (χ4v) is 5.99. The Bertz CT molecular complexity index is 1540. The standard InChI is InChI=1S/C28H26ClF2N5/c1-17-26(35(2)34-33-17)20-14-24-25(32-16-20)22-9-8-21(29)15-23(22)36(24)27(18-6-4-3-5-7-18)19-10-12-28(30,31)13-11-19/h3-9,14-16,19,27H,10-13H2,1-2H3. The van der Waals surface area contributed by atoms with E-state index in [1.54, 1.807) is 4.68 Å². The molecule has 0 spiro atoms. The second-order valence-electron chi connectivity index (χ2n) is 9.82. The molecule has 1 aliphatic carbocycles. The van der Waals surface area contributed by atoms with Crippen molar-refractivity contribution in [2.75, 3.05) is 0 Å². The number of rotatable bonds is 4. The number of aromatic nitrogens is 5. The molecule has 0 aliphatic heterocycles. The van der Waals surface area contributed by atoms with Gasteiger partial charge >= 0.3 is 0 Å². The lowest BCUT2D eigenvalue weighted by molar-refractivity contribution is -0.0493. The molecule has 1 aliphatic rings. The van der Waals surface area contributed by atoms with E-state index in [4.69, 9.17) is 16.6 Å². The van der Waals surface area contributed by atoms with Gasteiger partial charge in [0.1, 0.15) is 0 Å². The Morgan fingerprint density at radius 3 is 2.47 bits per heavy atom. The summed E-state index contributed by atoms with van der Waals surface area (Å²) in [5.74, 6) is -2.55. The minimum atomic E-state index is -2.60. The van der Waals surface area contributed by atoms with Gasteiger partial charge in [0.2, 0.25) is 5.92 Å². The normalized spacial score (nSPS) is 17.1. The zero-order valence-corrected chi connectivity index (χ0v) is 20.9. The zero-order chi connectivity index (χ0) is 25.0. The van der Waals surface area contributed by atoms with Gasteiger partial charge in [-0.3, -0.25) is 4.98 Å². The first-order valence-corrected chi connectivity index (χ1v) is 12.6. The van der Waals surface area contributed by atoms with Crippen molar-refractivity contribution in [3.8, 4) is 11.3 Å². The molecule has 0 bridgehead atoms. The van der Waals surface area contributed by atoms with E-state index in [-0.39, 0.29) is 24.8 Å². The van der Waals surface area contributed by atoms with Gasteiger partial charge in [0.05, 0.1) is 34.0 Å². The van der Waals surface area contributed by atoms with Crippen molar-refractivity contribution < 1.29 is 8.78 Å². The maximum Gasteiger partial charge on any atom is 0.248 e. The summed E-state index contributed by atoms with van der Waals surface area (Å²) in [6.07, 6.45) is 2.56. The van der Waals surface area contributed by atoms with E-state index in [9.17, 15) is 8.78 Å². The number of aryl methyl sites for hydroxylation is 2. The van der Waals surface area contributed by atoms with Gasteiger partial charge in [-0.15, -0.1) is 5.10 Å². The van der Waals surface area contributed by atoms with Gasteiger partial charge in [0, 0.05) is 42.1 Å². The summed E-state index contributed by atoms with van der Waals surface area (Å²) < 4.78 is 32.4. The van der Waals surface area contributed by atoms with Crippen LogP contribution in [0.4, 0.5) is 8.78 Å². The third kappa shape index (κ3) is 3.86. The Hall–Kier alpha value is -3.32. The fraction of sp³-hybridized carbons (Fsp3) is 0.321. The van der Waals surface area contributed by atoms with E-state index in [0.29, 0.717) is 17.9 Å². The molecule has 2 aromatic carbocycles. The highest BCUT2D eigenvalue weighted by Gasteiger charge is 2.39. The second kappa shape index (κ2) is 8.66. The van der Waals surface area contributed by atoms with Gasteiger partial charge in [0.25, 0.3) is 0 Å². The first-order chi connectivity index (χ1) is 17.3. The Balaban J connectivity index is 1.64. The van der Waals surface area contributed by atoms with E-state index in [1.807, 2.05) is 56.6 Å². The Morgan fingerprint density at radius 1 is 1.03 bits per heavy atom. The van der Waals surface area contributed by atoms with Crippen LogP contribution in [0.25, 0.3) is 33.2 Å². The van der Waals surface area contributed by atoms with E-state index < -0.39 is 5.92 Å². The van der Waals surface area contributed by atoms with Gasteiger partial charge < -0.3 is 4.57 Å². The average Bonchev–Trinajstić information content (AvgIpc) is 3.36. The lowest BCUT2D eigenvalue weighted by Gasteiger charge is -2.35. The molecule has 1 fully saturated rings. The van der Waals surface area contributed by atoms with Crippen molar-refractivity contribution in [1.82, 2.24) is 24.5 Å². The lowest BCUT2D eigenvalue weighted by Crippen LogP contribution is -2.30. The summed E-state index contributed by atoms with van der Waals surface area (Å²) in [7, 11) is 1.86. The fourth-order valence-electron chi connectivity index (χ4n) is 5.82. The number of hydrogen-bond donors (Lipinski definition) is 0. The molecule has 5 nitrogen and oxygen atoms in total. The topological polar surface area (TPSA) is 48.5 Å². The van der Waals surface area contributed by atoms with Gasteiger partial charge in [-0.05, 0) is 55.5 Å². The molecule has 0 saturated heterocycles. The monoisotopic (exact) mass is 505 g/mol. The Labute approximate surface area is 212 Å². The van der Waals surface area contributed by atoms with E-state index in [2.05, 4.69) is 33.1 Å². The highest BCUT2D eigenvalue weighted by Crippen LogP contribution is 2.46. The molecule has 184 valence electrons. The van der Waals surface area contributed by atoms with Crippen molar-refractivity contribution >= 4 is 33.5 Å². The van der Waals surface area contributed by atoms with Crippen molar-refractivity contribution in [2.45, 2.75) is 44.6 Å². The summed E-state index contributed by atoms with van der Waals surface area (Å²) in [5, 5.41) is 9.99. The smallest absolute Gasteiger partial charge is 0.248 e. The minimum absolute atomic E-state index is 0.0496. The first kappa shape index (κ1) is 23.1. The van der Waals surface area contributed by atoms with Crippen LogP contribution in [-0.4, -0.2) is 30.5 Å². The number of hydrogen-bond acceptors (Lipinski definition) is 3. The van der Waals surface area contributed by atoms with Crippen LogP contribution < -0.4 is 0 Å². The van der Waals surface area contributed by atoms with Gasteiger partial charge in [-0.25, -0.2) is 13.5 Å². The molecule has 3 aromatic heterocycles. The third-order valence-electron chi connectivity index (χ3n) is 7.50. The average molecular weight is 506 g/mol. The molecule has 1 atom stereocenters. The van der Waals surface area contributed by atoms with Crippen LogP contribution in [0.3, 0.4) is 0 Å². The van der Waals surface area contributed by atoms with Gasteiger partial charge in [0.15, 0.2) is 0 Å². The molecule has 8 heteroatoms. The maximum atomic E-state index is 14.2. The molecule has 5 aromatic rings. The van der Waals surface area contributed by atoms with Crippen LogP contribution >= 0.6 is 11.6 Å². The number of benzene rings is 2. The molecule has 36 heavy (non-hydrogen) atoms. The minimum Gasteiger partial charge on any atom is -0.331 e. The van der Waals surface area contributed by atoms with Crippen molar-refractivity contribution in [3.05, 3.63) is 77.1 Å². The molecular weight excluding hydrogens is 480 g/mol. The first-order valence-electron chi connectivity index (χ1n) is 12.2. The van der Waals surface area contributed by atoms with Gasteiger partial charge in [-0.1, -0.05) is 47.1 Å². The molecule has 0 radical (unpaired) electrons. The SMILES string of the molecule is Cc1nnn(C)c1-c1cnc2c3ccc(Cl)cc3n(C(c3ccccc3)C3CCC(F)(F)CC3)c2c1. The Kier molecular flexibility index (Phi) is 5.56. The number of alkyl halides is 2. The summed E-state index contributed by atoms with van der Waals surface area (Å²) in [6, 6.07) is 18.0. The molecule has 0 N–H and O–H groups in total. The molecule has 3 heterocycles. The predicted molar refractivity (Wildman–Crippen MR) is 138 cm³/mol. The highest BCUT2D eigenvalue weighted by molar-refractivity contribution is 6.31. The molecule has 1 saturated carbocycles. The lowest BCUT2D eigenvalue weighted by atomic mass is 9.79. The van der Waals surface area contributed by atoms with E-state index >= 15 is 0 Å². The Morgan fingerprint density at radius 2 is 1.78 bits per heavy atom. The number of nitrogens with zero attached hydrogens (tertiary/aromatic N) is 5. The quantitative estimate of drug-likeness (QED) is 0.256. The zero-order valence-electron chi connectivity index (χ0n) is 20.1. The van der Waals surface area contributed by atoms with E-state index in [0.717, 1.165) is 44.5 Å². The number of pyridine rings is 1. The van der Waals surface area contributed by atoms with Crippen LogP contribution in [0, 0.1) is 12.8 Å². The van der Waals surface area contributed by atoms with Crippen LogP contribution in [0.5, 0.6) is 0 Å². The molecular formula is C28H26ClF2N5. The maximum absolute atomic E-state index is 14.2. The largest absolute Gasteiger partial charge is 0.331 e. The summed E-state index contributed by atoms with van der Waals surface area (Å²) in [5.41, 5.74) is 6.47. The third-order valence-corrected chi connectivity index (χ3v) is 7.73. The highest BCUT2D eigenvalue weighted by atomic mass is 35.5. The predicted octanol–water partition coefficient (Wildman–Crippen LogP) is 7.36.